The molecule has 0 amide bonds. The van der Waals surface area contributed by atoms with Gasteiger partial charge in [0, 0.05) is 37.5 Å². The van der Waals surface area contributed by atoms with Crippen molar-refractivity contribution in [1.82, 2.24) is 4.90 Å². The van der Waals surface area contributed by atoms with Crippen LogP contribution in [-0.4, -0.2) is 36.6 Å². The lowest BCUT2D eigenvalue weighted by Gasteiger charge is -2.17. The molecule has 0 bridgehead atoms. The number of nitrogens with zero attached hydrogens (tertiary/aromatic N) is 2. The Kier molecular flexibility index (Phi) is 4.92. The van der Waals surface area contributed by atoms with Crippen LogP contribution in [0.5, 0.6) is 0 Å². The molecule has 0 spiro atoms. The van der Waals surface area contributed by atoms with E-state index in [2.05, 4.69) is 4.90 Å². The summed E-state index contributed by atoms with van der Waals surface area (Å²) in [4.78, 5) is 12.4. The van der Waals surface area contributed by atoms with Crippen LogP contribution < -0.4 is 5.73 Å². The van der Waals surface area contributed by atoms with Crippen LogP contribution in [0.3, 0.4) is 0 Å². The summed E-state index contributed by atoms with van der Waals surface area (Å²) in [5.74, 6) is 0.771. The smallest absolute Gasteiger partial charge is 0.269 e. The van der Waals surface area contributed by atoms with Crippen LogP contribution in [0, 0.1) is 16.0 Å². The highest BCUT2D eigenvalue weighted by Crippen LogP contribution is 2.28. The second-order valence-electron chi connectivity index (χ2n) is 5.40. The number of anilines is 1. The number of non-ortho nitro benzene ring substituents is 1. The average molecular weight is 279 g/mol. The SMILES string of the molecule is CN(CCOCC1CC1)Cc1cc([N+](=O)[O-])ccc1N. The molecule has 0 aliphatic heterocycles. The Morgan fingerprint density at radius 1 is 1.50 bits per heavy atom. The minimum absolute atomic E-state index is 0.0765. The molecule has 6 heteroatoms. The Bertz CT molecular complexity index is 475. The van der Waals surface area contributed by atoms with E-state index in [0.717, 1.165) is 24.6 Å². The Labute approximate surface area is 118 Å². The number of hydrogen-bond acceptors (Lipinski definition) is 5. The molecule has 1 aromatic carbocycles. The first-order valence-electron chi connectivity index (χ1n) is 6.85. The third-order valence-corrected chi connectivity index (χ3v) is 3.45. The molecule has 6 nitrogen and oxygen atoms in total. The van der Waals surface area contributed by atoms with E-state index in [9.17, 15) is 10.1 Å². The molecule has 2 N–H and O–H groups in total. The summed E-state index contributed by atoms with van der Waals surface area (Å²) in [5, 5.41) is 10.8. The zero-order valence-electron chi connectivity index (χ0n) is 11.7. The van der Waals surface area contributed by atoms with Gasteiger partial charge in [-0.2, -0.15) is 0 Å². The highest BCUT2D eigenvalue weighted by atomic mass is 16.6. The molecule has 20 heavy (non-hydrogen) atoms. The molecule has 0 radical (unpaired) electrons. The molecule has 0 aromatic heterocycles. The van der Waals surface area contributed by atoms with Gasteiger partial charge in [-0.3, -0.25) is 15.0 Å². The number of ether oxygens (including phenoxy) is 1. The number of nitrogen functional groups attached to an aromatic ring is 1. The van der Waals surface area contributed by atoms with Gasteiger partial charge in [-0.1, -0.05) is 0 Å². The van der Waals surface area contributed by atoms with Crippen LogP contribution in [0.4, 0.5) is 11.4 Å². The van der Waals surface area contributed by atoms with E-state index in [1.807, 2.05) is 7.05 Å². The first-order chi connectivity index (χ1) is 9.56. The van der Waals surface area contributed by atoms with Crippen LogP contribution in [0.25, 0.3) is 0 Å². The summed E-state index contributed by atoms with van der Waals surface area (Å²) in [6.07, 6.45) is 2.58. The van der Waals surface area contributed by atoms with Crippen LogP contribution in [0.2, 0.25) is 0 Å². The van der Waals surface area contributed by atoms with Gasteiger partial charge in [0.25, 0.3) is 5.69 Å². The quantitative estimate of drug-likeness (QED) is 0.341. The lowest BCUT2D eigenvalue weighted by atomic mass is 10.1. The number of likely N-dealkylation sites (N-methyl/N-ethyl adjacent to an activating group) is 1. The van der Waals surface area contributed by atoms with Crippen molar-refractivity contribution >= 4 is 11.4 Å². The molecule has 0 atom stereocenters. The fourth-order valence-corrected chi connectivity index (χ4v) is 1.97. The van der Waals surface area contributed by atoms with Gasteiger partial charge in [-0.25, -0.2) is 0 Å². The molecule has 1 aromatic rings. The van der Waals surface area contributed by atoms with Crippen molar-refractivity contribution in [3.8, 4) is 0 Å². The summed E-state index contributed by atoms with van der Waals surface area (Å²) >= 11 is 0. The van der Waals surface area contributed by atoms with Crippen LogP contribution in [-0.2, 0) is 11.3 Å². The molecule has 1 saturated carbocycles. The van der Waals surface area contributed by atoms with Crippen LogP contribution >= 0.6 is 0 Å². The zero-order chi connectivity index (χ0) is 14.5. The fraction of sp³-hybridized carbons (Fsp3) is 0.571. The van der Waals surface area contributed by atoms with E-state index >= 15 is 0 Å². The van der Waals surface area contributed by atoms with Crippen molar-refractivity contribution in [3.63, 3.8) is 0 Å². The number of nitro benzene ring substituents is 1. The predicted molar refractivity (Wildman–Crippen MR) is 77.4 cm³/mol. The van der Waals surface area contributed by atoms with Crippen LogP contribution in [0.1, 0.15) is 18.4 Å². The van der Waals surface area contributed by atoms with Crippen molar-refractivity contribution in [3.05, 3.63) is 33.9 Å². The van der Waals surface area contributed by atoms with E-state index in [0.29, 0.717) is 18.8 Å². The molecule has 0 saturated heterocycles. The fourth-order valence-electron chi connectivity index (χ4n) is 1.97. The van der Waals surface area contributed by atoms with E-state index in [4.69, 9.17) is 10.5 Å². The average Bonchev–Trinajstić information content (AvgIpc) is 3.21. The maximum atomic E-state index is 10.8. The Balaban J connectivity index is 1.81. The summed E-state index contributed by atoms with van der Waals surface area (Å²) < 4.78 is 5.58. The standard InChI is InChI=1S/C14H21N3O3/c1-16(6-7-20-10-11-2-3-11)9-12-8-13(17(18)19)4-5-14(12)15/h4-5,8,11H,2-3,6-7,9-10,15H2,1H3. The Morgan fingerprint density at radius 2 is 2.25 bits per heavy atom. The van der Waals surface area contributed by atoms with Gasteiger partial charge in [0.05, 0.1) is 11.5 Å². The second kappa shape index (κ2) is 6.67. The normalized spacial score (nSPS) is 14.7. The van der Waals surface area contributed by atoms with Gasteiger partial charge in [0.2, 0.25) is 0 Å². The van der Waals surface area contributed by atoms with Crippen molar-refractivity contribution in [2.75, 3.05) is 32.5 Å². The van der Waals surface area contributed by atoms with Gasteiger partial charge in [-0.15, -0.1) is 0 Å². The van der Waals surface area contributed by atoms with Gasteiger partial charge in [0.15, 0.2) is 0 Å². The molecule has 1 aliphatic carbocycles. The minimum Gasteiger partial charge on any atom is -0.398 e. The first kappa shape index (κ1) is 14.7. The highest BCUT2D eigenvalue weighted by Gasteiger charge is 2.21. The van der Waals surface area contributed by atoms with Crippen molar-refractivity contribution < 1.29 is 9.66 Å². The molecular formula is C14H21N3O3. The first-order valence-corrected chi connectivity index (χ1v) is 6.85. The topological polar surface area (TPSA) is 81.6 Å². The largest absolute Gasteiger partial charge is 0.398 e. The second-order valence-corrected chi connectivity index (χ2v) is 5.40. The lowest BCUT2D eigenvalue weighted by Crippen LogP contribution is -2.23. The monoisotopic (exact) mass is 279 g/mol. The maximum absolute atomic E-state index is 10.8. The van der Waals surface area contributed by atoms with Crippen LogP contribution in [0.15, 0.2) is 18.2 Å². The molecule has 110 valence electrons. The van der Waals surface area contributed by atoms with E-state index in [1.54, 1.807) is 6.07 Å². The molecule has 0 heterocycles. The number of nitrogens with two attached hydrogens (primary N) is 1. The van der Waals surface area contributed by atoms with Gasteiger partial charge in [-0.05, 0) is 37.4 Å². The third-order valence-electron chi connectivity index (χ3n) is 3.45. The molecule has 0 unspecified atom stereocenters. The highest BCUT2D eigenvalue weighted by molar-refractivity contribution is 5.52. The number of hydrogen-bond donors (Lipinski definition) is 1. The van der Waals surface area contributed by atoms with E-state index in [-0.39, 0.29) is 5.69 Å². The van der Waals surface area contributed by atoms with Gasteiger partial charge < -0.3 is 10.5 Å². The van der Waals surface area contributed by atoms with E-state index < -0.39 is 4.92 Å². The Hall–Kier alpha value is -1.66. The summed E-state index contributed by atoms with van der Waals surface area (Å²) in [6.45, 7) is 2.91. The molecule has 1 aliphatic rings. The van der Waals surface area contributed by atoms with Crippen molar-refractivity contribution in [2.45, 2.75) is 19.4 Å². The predicted octanol–water partition coefficient (Wildman–Crippen LogP) is 2.04. The molecular weight excluding hydrogens is 258 g/mol. The van der Waals surface area contributed by atoms with E-state index in [1.165, 1.54) is 25.0 Å². The number of rotatable bonds is 8. The summed E-state index contributed by atoms with van der Waals surface area (Å²) in [6, 6.07) is 4.55. The minimum atomic E-state index is -0.401. The number of nitro groups is 1. The number of benzene rings is 1. The molecule has 1 fully saturated rings. The summed E-state index contributed by atoms with van der Waals surface area (Å²) in [5.41, 5.74) is 7.30. The van der Waals surface area contributed by atoms with Crippen molar-refractivity contribution in [1.29, 1.82) is 0 Å². The summed E-state index contributed by atoms with van der Waals surface area (Å²) in [7, 11) is 1.96. The van der Waals surface area contributed by atoms with Crippen molar-refractivity contribution in [2.24, 2.45) is 5.92 Å². The lowest BCUT2D eigenvalue weighted by molar-refractivity contribution is -0.384. The molecule has 2 rings (SSSR count). The zero-order valence-corrected chi connectivity index (χ0v) is 11.7. The Morgan fingerprint density at radius 3 is 2.90 bits per heavy atom. The maximum Gasteiger partial charge on any atom is 0.269 e. The van der Waals surface area contributed by atoms with Gasteiger partial charge in [0.1, 0.15) is 0 Å². The third kappa shape index (κ3) is 4.47. The van der Waals surface area contributed by atoms with Gasteiger partial charge >= 0.3 is 0 Å².